The first-order chi connectivity index (χ1) is 15.8. The fraction of sp³-hybridized carbons (Fsp3) is 0.160. The number of hydrogen-bond donors (Lipinski definition) is 1. The summed E-state index contributed by atoms with van der Waals surface area (Å²) in [7, 11) is 3.32. The Bertz CT molecular complexity index is 1290. The smallest absolute Gasteiger partial charge is 0.335 e. The monoisotopic (exact) mass is 461 g/mol. The number of ether oxygens (including phenoxy) is 1. The molecule has 1 saturated heterocycles. The molecular weight excluding hydrogens is 438 g/mol. The van der Waals surface area contributed by atoms with E-state index >= 15 is 0 Å². The van der Waals surface area contributed by atoms with E-state index < -0.39 is 5.97 Å². The molecule has 3 aromatic rings. The van der Waals surface area contributed by atoms with Gasteiger partial charge in [0, 0.05) is 24.1 Å². The van der Waals surface area contributed by atoms with Crippen LogP contribution in [-0.4, -0.2) is 45.8 Å². The number of rotatable bonds is 5. The minimum atomic E-state index is -0.991. The second kappa shape index (κ2) is 8.99. The van der Waals surface area contributed by atoms with Gasteiger partial charge in [-0.15, -0.1) is 0 Å². The van der Waals surface area contributed by atoms with Gasteiger partial charge in [0.25, 0.3) is 5.91 Å². The van der Waals surface area contributed by atoms with Gasteiger partial charge >= 0.3 is 5.97 Å². The fourth-order valence-corrected chi connectivity index (χ4v) is 4.62. The summed E-state index contributed by atoms with van der Waals surface area (Å²) in [5.41, 5.74) is 4.83. The Morgan fingerprint density at radius 1 is 1.09 bits per heavy atom. The average molecular weight is 462 g/mol. The molecule has 0 unspecified atom stereocenters. The fourth-order valence-electron chi connectivity index (χ4n) is 3.64. The van der Waals surface area contributed by atoms with E-state index in [0.717, 1.165) is 28.4 Å². The number of carbonyl (C=O) groups excluding carboxylic acids is 1. The number of aromatic nitrogens is 1. The summed E-state index contributed by atoms with van der Waals surface area (Å²) in [5.74, 6) is -0.326. The molecular formula is C25H23N3O4S. The van der Waals surface area contributed by atoms with Gasteiger partial charge in [-0.1, -0.05) is 0 Å². The number of thioether (sulfide) groups is 1. The molecule has 0 spiro atoms. The third-order valence-corrected chi connectivity index (χ3v) is 6.49. The molecule has 168 valence electrons. The third-order valence-electron chi connectivity index (χ3n) is 5.43. The van der Waals surface area contributed by atoms with E-state index in [1.54, 1.807) is 26.3 Å². The number of carboxylic acid groups (broad SMARTS) is 1. The quantitative estimate of drug-likeness (QED) is 0.539. The standard InChI is InChI=1S/C25H23N3O4S/c1-15-13-18(16(2)28(15)20-9-11-21(32-4)12-10-20)14-22-23(29)27(3)25(33-22)26-19-7-5-17(6-8-19)24(30)31/h5-14H,1-4H3,(H,30,31)/b22-14-,26-25?. The summed E-state index contributed by atoms with van der Waals surface area (Å²) in [4.78, 5) is 30.5. The van der Waals surface area contributed by atoms with Crippen LogP contribution in [0.25, 0.3) is 11.8 Å². The van der Waals surface area contributed by atoms with Crippen molar-refractivity contribution in [3.05, 3.63) is 82.0 Å². The van der Waals surface area contributed by atoms with Crippen molar-refractivity contribution in [3.8, 4) is 11.4 Å². The van der Waals surface area contributed by atoms with E-state index in [1.165, 1.54) is 28.8 Å². The minimum Gasteiger partial charge on any atom is -0.497 e. The number of hydrogen-bond acceptors (Lipinski definition) is 5. The predicted molar refractivity (Wildman–Crippen MR) is 131 cm³/mol. The van der Waals surface area contributed by atoms with E-state index in [2.05, 4.69) is 15.6 Å². The van der Waals surface area contributed by atoms with Crippen molar-refractivity contribution in [3.63, 3.8) is 0 Å². The number of likely N-dealkylation sites (N-methyl/N-ethyl adjacent to an activating group) is 1. The van der Waals surface area contributed by atoms with Crippen LogP contribution in [0.2, 0.25) is 0 Å². The van der Waals surface area contributed by atoms with Gasteiger partial charge in [-0.3, -0.25) is 9.69 Å². The summed E-state index contributed by atoms with van der Waals surface area (Å²) in [6.45, 7) is 4.05. The first-order valence-electron chi connectivity index (χ1n) is 10.2. The molecule has 8 heteroatoms. The zero-order valence-corrected chi connectivity index (χ0v) is 19.5. The highest BCUT2D eigenvalue weighted by Gasteiger charge is 2.30. The Kier molecular flexibility index (Phi) is 6.11. The van der Waals surface area contributed by atoms with E-state index in [9.17, 15) is 9.59 Å². The molecule has 1 fully saturated rings. The molecule has 1 N–H and O–H groups in total. The summed E-state index contributed by atoms with van der Waals surface area (Å²) < 4.78 is 7.39. The molecule has 1 amide bonds. The highest BCUT2D eigenvalue weighted by atomic mass is 32.2. The van der Waals surface area contributed by atoms with Crippen molar-refractivity contribution >= 4 is 40.6 Å². The van der Waals surface area contributed by atoms with Crippen LogP contribution in [0.1, 0.15) is 27.3 Å². The molecule has 0 saturated carbocycles. The molecule has 0 aliphatic carbocycles. The highest BCUT2D eigenvalue weighted by molar-refractivity contribution is 8.18. The van der Waals surface area contributed by atoms with Crippen LogP contribution in [0.4, 0.5) is 5.69 Å². The minimum absolute atomic E-state index is 0.129. The molecule has 1 aliphatic rings. The van der Waals surface area contributed by atoms with Gasteiger partial charge in [-0.25, -0.2) is 9.79 Å². The van der Waals surface area contributed by atoms with Crippen molar-refractivity contribution in [1.29, 1.82) is 0 Å². The van der Waals surface area contributed by atoms with Crippen LogP contribution in [0.5, 0.6) is 5.75 Å². The second-order valence-corrected chi connectivity index (χ2v) is 8.59. The van der Waals surface area contributed by atoms with Crippen LogP contribution in [-0.2, 0) is 4.79 Å². The number of aryl methyl sites for hydroxylation is 1. The largest absolute Gasteiger partial charge is 0.497 e. The Morgan fingerprint density at radius 2 is 1.76 bits per heavy atom. The van der Waals surface area contributed by atoms with Crippen LogP contribution >= 0.6 is 11.8 Å². The molecule has 2 aromatic carbocycles. The molecule has 1 aliphatic heterocycles. The predicted octanol–water partition coefficient (Wildman–Crippen LogP) is 5.03. The van der Waals surface area contributed by atoms with Crippen LogP contribution < -0.4 is 4.74 Å². The average Bonchev–Trinajstić information content (AvgIpc) is 3.23. The summed E-state index contributed by atoms with van der Waals surface area (Å²) >= 11 is 1.30. The number of amidine groups is 1. The van der Waals surface area contributed by atoms with Crippen molar-refractivity contribution in [1.82, 2.24) is 9.47 Å². The Labute approximate surface area is 196 Å². The maximum atomic E-state index is 12.9. The number of carboxylic acids is 1. The lowest BCUT2D eigenvalue weighted by Gasteiger charge is -2.10. The Morgan fingerprint density at radius 3 is 2.36 bits per heavy atom. The first kappa shape index (κ1) is 22.4. The van der Waals surface area contributed by atoms with Crippen LogP contribution in [0, 0.1) is 13.8 Å². The molecule has 7 nitrogen and oxygen atoms in total. The number of amides is 1. The molecule has 0 bridgehead atoms. The lowest BCUT2D eigenvalue weighted by molar-refractivity contribution is -0.121. The van der Waals surface area contributed by atoms with Gasteiger partial charge < -0.3 is 14.4 Å². The second-order valence-electron chi connectivity index (χ2n) is 7.58. The number of benzene rings is 2. The molecule has 2 heterocycles. The van der Waals surface area contributed by atoms with Crippen molar-refractivity contribution < 1.29 is 19.4 Å². The van der Waals surface area contributed by atoms with Gasteiger partial charge in [0.05, 0.1) is 23.3 Å². The number of methoxy groups -OCH3 is 1. The van der Waals surface area contributed by atoms with Gasteiger partial charge in [0.15, 0.2) is 5.17 Å². The lowest BCUT2D eigenvalue weighted by atomic mass is 10.2. The van der Waals surface area contributed by atoms with E-state index in [4.69, 9.17) is 9.84 Å². The molecule has 4 rings (SSSR count). The Balaban J connectivity index is 1.63. The SMILES string of the molecule is COc1ccc(-n2c(C)cc(/C=C3\SC(=Nc4ccc(C(=O)O)cc4)N(C)C3=O)c2C)cc1. The number of carbonyl (C=O) groups is 2. The normalized spacial score (nSPS) is 16.1. The number of nitrogens with zero attached hydrogens (tertiary/aromatic N) is 3. The number of aliphatic imine (C=N–C) groups is 1. The third kappa shape index (κ3) is 4.42. The van der Waals surface area contributed by atoms with Crippen LogP contribution in [0.15, 0.2) is 64.5 Å². The molecule has 1 aromatic heterocycles. The Hall–Kier alpha value is -3.78. The topological polar surface area (TPSA) is 84.1 Å². The zero-order valence-electron chi connectivity index (χ0n) is 18.7. The molecule has 0 radical (unpaired) electrons. The van der Waals surface area contributed by atoms with Gasteiger partial charge in [0.1, 0.15) is 5.75 Å². The van der Waals surface area contributed by atoms with Crippen molar-refractivity contribution in [2.24, 2.45) is 4.99 Å². The first-order valence-corrected chi connectivity index (χ1v) is 11.0. The maximum absolute atomic E-state index is 12.9. The van der Waals surface area contributed by atoms with Gasteiger partial charge in [-0.2, -0.15) is 0 Å². The highest BCUT2D eigenvalue weighted by Crippen LogP contribution is 2.34. The van der Waals surface area contributed by atoms with E-state index in [-0.39, 0.29) is 11.5 Å². The summed E-state index contributed by atoms with van der Waals surface area (Å²) in [5, 5.41) is 9.58. The number of aromatic carboxylic acids is 1. The summed E-state index contributed by atoms with van der Waals surface area (Å²) in [6.07, 6.45) is 1.89. The van der Waals surface area contributed by atoms with E-state index in [0.29, 0.717) is 15.8 Å². The van der Waals surface area contributed by atoms with Gasteiger partial charge in [0.2, 0.25) is 0 Å². The van der Waals surface area contributed by atoms with Gasteiger partial charge in [-0.05, 0) is 91.8 Å². The summed E-state index contributed by atoms with van der Waals surface area (Å²) in [6, 6.07) is 16.1. The molecule has 0 atom stereocenters. The van der Waals surface area contributed by atoms with Crippen LogP contribution in [0.3, 0.4) is 0 Å². The van der Waals surface area contributed by atoms with Crippen molar-refractivity contribution in [2.75, 3.05) is 14.2 Å². The lowest BCUT2D eigenvalue weighted by Crippen LogP contribution is -2.23. The maximum Gasteiger partial charge on any atom is 0.335 e. The van der Waals surface area contributed by atoms with Crippen molar-refractivity contribution in [2.45, 2.75) is 13.8 Å². The zero-order chi connectivity index (χ0) is 23.7. The molecule has 33 heavy (non-hydrogen) atoms. The van der Waals surface area contributed by atoms with E-state index in [1.807, 2.05) is 44.2 Å².